The highest BCUT2D eigenvalue weighted by Crippen LogP contribution is 2.29. The smallest absolute Gasteiger partial charge is 0.264 e. The Balaban J connectivity index is 1.25. The number of halogens is 1. The van der Waals surface area contributed by atoms with Crippen molar-refractivity contribution in [3.05, 3.63) is 70.2 Å². The Morgan fingerprint density at radius 3 is 2.74 bits per heavy atom. The molecular weight excluding hydrogens is 570 g/mol. The summed E-state index contributed by atoms with van der Waals surface area (Å²) >= 11 is 7.51. The normalized spacial score (nSPS) is 11.4. The van der Waals surface area contributed by atoms with Crippen LogP contribution in [-0.2, 0) is 10.5 Å². The van der Waals surface area contributed by atoms with Gasteiger partial charge in [0.2, 0.25) is 16.2 Å². The maximum Gasteiger partial charge on any atom is 0.264 e. The molecule has 0 radical (unpaired) electrons. The van der Waals surface area contributed by atoms with Gasteiger partial charge >= 0.3 is 0 Å². The lowest BCUT2D eigenvalue weighted by Gasteiger charge is -2.04. The standard InChI is InChI=1S/C21H20BrN9OS3/c1-13(15-7-3-2-4-8-15)25-26-18-27-29-20(31(18)23)33-12-17(32)24-19-28-30-21(35-19)34-11-14-6-5-9-16(22)10-14/h2-10H,11-12,23H2,1H3,(H,26,27)(H,24,28,32)/b25-13+. The molecule has 4 N–H and O–H groups in total. The predicted molar refractivity (Wildman–Crippen MR) is 145 cm³/mol. The number of aromatic nitrogens is 5. The molecule has 0 saturated heterocycles. The number of amides is 1. The molecule has 35 heavy (non-hydrogen) atoms. The molecule has 0 saturated carbocycles. The molecular formula is C21H20BrN9OS3. The van der Waals surface area contributed by atoms with Gasteiger partial charge < -0.3 is 5.84 Å². The number of thioether (sulfide) groups is 2. The van der Waals surface area contributed by atoms with Crippen LogP contribution >= 0.6 is 50.8 Å². The van der Waals surface area contributed by atoms with Gasteiger partial charge in [-0.2, -0.15) is 5.10 Å². The monoisotopic (exact) mass is 589 g/mol. The van der Waals surface area contributed by atoms with Gasteiger partial charge in [-0.25, -0.2) is 10.1 Å². The minimum Gasteiger partial charge on any atom is -0.334 e. The number of rotatable bonds is 10. The number of hydrogen-bond donors (Lipinski definition) is 3. The molecule has 4 aromatic rings. The fourth-order valence-electron chi connectivity index (χ4n) is 2.71. The second-order valence-corrected chi connectivity index (χ2v) is 11.0. The molecule has 1 amide bonds. The molecule has 0 bridgehead atoms. The van der Waals surface area contributed by atoms with Gasteiger partial charge in [0.15, 0.2) is 4.34 Å². The zero-order chi connectivity index (χ0) is 24.6. The number of nitrogens with one attached hydrogen (secondary N) is 2. The third-order valence-corrected chi connectivity index (χ3v) is 7.90. The molecule has 0 unspecified atom stereocenters. The molecule has 2 aromatic heterocycles. The fraction of sp³-hybridized carbons (Fsp3) is 0.143. The summed E-state index contributed by atoms with van der Waals surface area (Å²) in [5.74, 6) is 6.90. The van der Waals surface area contributed by atoms with E-state index < -0.39 is 0 Å². The van der Waals surface area contributed by atoms with Crippen molar-refractivity contribution in [3.63, 3.8) is 0 Å². The highest BCUT2D eigenvalue weighted by molar-refractivity contribution is 9.10. The number of nitrogen functional groups attached to an aromatic ring is 1. The van der Waals surface area contributed by atoms with E-state index in [2.05, 4.69) is 58.2 Å². The van der Waals surface area contributed by atoms with Crippen molar-refractivity contribution in [1.29, 1.82) is 0 Å². The van der Waals surface area contributed by atoms with Crippen molar-refractivity contribution in [2.24, 2.45) is 5.10 Å². The lowest BCUT2D eigenvalue weighted by molar-refractivity contribution is -0.113. The van der Waals surface area contributed by atoms with Crippen LogP contribution in [0.4, 0.5) is 11.1 Å². The summed E-state index contributed by atoms with van der Waals surface area (Å²) in [5, 5.41) is 24.0. The number of nitrogens with zero attached hydrogens (tertiary/aromatic N) is 6. The van der Waals surface area contributed by atoms with Crippen molar-refractivity contribution >= 4 is 73.5 Å². The Labute approximate surface area is 222 Å². The molecule has 0 atom stereocenters. The van der Waals surface area contributed by atoms with Gasteiger partial charge in [0.05, 0.1) is 11.5 Å². The van der Waals surface area contributed by atoms with Gasteiger partial charge in [0, 0.05) is 10.2 Å². The molecule has 0 fully saturated rings. The van der Waals surface area contributed by atoms with Gasteiger partial charge in [-0.05, 0) is 30.2 Å². The summed E-state index contributed by atoms with van der Waals surface area (Å²) in [5.41, 5.74) is 5.72. The number of anilines is 2. The highest BCUT2D eigenvalue weighted by Gasteiger charge is 2.14. The van der Waals surface area contributed by atoms with Crippen LogP contribution in [0.25, 0.3) is 0 Å². The van der Waals surface area contributed by atoms with E-state index >= 15 is 0 Å². The summed E-state index contributed by atoms with van der Waals surface area (Å²) in [6.07, 6.45) is 0. The SMILES string of the molecule is C/C(=N\Nc1nnc(SCC(=O)Nc2nnc(SCc3cccc(Br)c3)s2)n1N)c1ccccc1. The molecule has 0 aliphatic carbocycles. The number of hydrazone groups is 1. The van der Waals surface area contributed by atoms with E-state index in [1.54, 1.807) is 11.8 Å². The van der Waals surface area contributed by atoms with Crippen molar-refractivity contribution < 1.29 is 4.79 Å². The molecule has 0 aliphatic heterocycles. The van der Waals surface area contributed by atoms with E-state index in [0.29, 0.717) is 10.3 Å². The lowest BCUT2D eigenvalue weighted by atomic mass is 10.1. The first-order valence-corrected chi connectivity index (χ1v) is 13.8. The summed E-state index contributed by atoms with van der Waals surface area (Å²) in [6.45, 7) is 1.87. The van der Waals surface area contributed by atoms with E-state index in [-0.39, 0.29) is 17.6 Å². The van der Waals surface area contributed by atoms with Crippen molar-refractivity contribution in [1.82, 2.24) is 25.1 Å². The first-order chi connectivity index (χ1) is 17.0. The number of carbonyl (C=O) groups excluding carboxylic acids is 1. The van der Waals surface area contributed by atoms with Gasteiger partial charge in [-0.3, -0.25) is 10.1 Å². The second-order valence-electron chi connectivity index (χ2n) is 6.98. The Bertz CT molecular complexity index is 1330. The van der Waals surface area contributed by atoms with Crippen molar-refractivity contribution in [3.8, 4) is 0 Å². The molecule has 0 aliphatic rings. The third-order valence-electron chi connectivity index (χ3n) is 4.42. The lowest BCUT2D eigenvalue weighted by Crippen LogP contribution is -2.17. The minimum atomic E-state index is -0.245. The molecule has 2 heterocycles. The average Bonchev–Trinajstić information content (AvgIpc) is 3.46. The van der Waals surface area contributed by atoms with E-state index in [1.807, 2.05) is 55.5 Å². The number of benzene rings is 2. The summed E-state index contributed by atoms with van der Waals surface area (Å²) in [4.78, 5) is 12.4. The Morgan fingerprint density at radius 1 is 1.11 bits per heavy atom. The largest absolute Gasteiger partial charge is 0.334 e. The first-order valence-electron chi connectivity index (χ1n) is 10.2. The molecule has 180 valence electrons. The van der Waals surface area contributed by atoms with Crippen LogP contribution in [0.1, 0.15) is 18.1 Å². The zero-order valence-corrected chi connectivity index (χ0v) is 22.4. The molecule has 10 nitrogen and oxygen atoms in total. The van der Waals surface area contributed by atoms with Crippen LogP contribution in [0, 0.1) is 0 Å². The molecule has 2 aromatic carbocycles. The highest BCUT2D eigenvalue weighted by atomic mass is 79.9. The Hall–Kier alpha value is -2.94. The fourth-order valence-corrected chi connectivity index (χ4v) is 5.52. The van der Waals surface area contributed by atoms with Crippen LogP contribution in [-0.4, -0.2) is 42.4 Å². The topological polar surface area (TPSA) is 136 Å². The van der Waals surface area contributed by atoms with Crippen LogP contribution in [0.3, 0.4) is 0 Å². The summed E-state index contributed by atoms with van der Waals surface area (Å²) in [7, 11) is 0. The molecule has 0 spiro atoms. The number of nitrogens with two attached hydrogens (primary N) is 1. The van der Waals surface area contributed by atoms with Gasteiger partial charge in [-0.15, -0.1) is 20.4 Å². The van der Waals surface area contributed by atoms with E-state index in [4.69, 9.17) is 5.84 Å². The Kier molecular flexibility index (Phi) is 8.74. The van der Waals surface area contributed by atoms with Gasteiger partial charge in [0.25, 0.3) is 5.95 Å². The summed E-state index contributed by atoms with van der Waals surface area (Å²) < 4.78 is 3.06. The van der Waals surface area contributed by atoms with Gasteiger partial charge in [-0.1, -0.05) is 93.3 Å². The number of carbonyl (C=O) groups is 1. The maximum absolute atomic E-state index is 12.4. The average molecular weight is 591 g/mol. The van der Waals surface area contributed by atoms with Crippen molar-refractivity contribution in [2.45, 2.75) is 22.2 Å². The second kappa shape index (κ2) is 12.2. The van der Waals surface area contributed by atoms with Crippen molar-refractivity contribution in [2.75, 3.05) is 22.3 Å². The molecule has 4 rings (SSSR count). The van der Waals surface area contributed by atoms with Crippen LogP contribution in [0.2, 0.25) is 0 Å². The number of hydrogen-bond acceptors (Lipinski definition) is 11. The summed E-state index contributed by atoms with van der Waals surface area (Å²) in [6, 6.07) is 17.8. The predicted octanol–water partition coefficient (Wildman–Crippen LogP) is 4.47. The van der Waals surface area contributed by atoms with E-state index in [1.165, 1.54) is 21.6 Å². The maximum atomic E-state index is 12.4. The van der Waals surface area contributed by atoms with Crippen LogP contribution < -0.4 is 16.6 Å². The van der Waals surface area contributed by atoms with Crippen LogP contribution in [0.15, 0.2) is 73.7 Å². The van der Waals surface area contributed by atoms with E-state index in [9.17, 15) is 4.79 Å². The molecule has 14 heteroatoms. The zero-order valence-electron chi connectivity index (χ0n) is 18.4. The first kappa shape index (κ1) is 25.2. The van der Waals surface area contributed by atoms with Crippen LogP contribution in [0.5, 0.6) is 0 Å². The van der Waals surface area contributed by atoms with Gasteiger partial charge in [0.1, 0.15) is 0 Å². The quantitative estimate of drug-likeness (QED) is 0.0804. The minimum absolute atomic E-state index is 0.0851. The van der Waals surface area contributed by atoms with E-state index in [0.717, 1.165) is 37.6 Å². The third kappa shape index (κ3) is 7.27. The Morgan fingerprint density at radius 2 is 1.94 bits per heavy atom.